The van der Waals surface area contributed by atoms with Gasteiger partial charge in [0.05, 0.1) is 46.0 Å². The van der Waals surface area contributed by atoms with Crippen LogP contribution < -0.4 is 15.1 Å². The Balaban J connectivity index is 0.000000147. The van der Waals surface area contributed by atoms with Gasteiger partial charge < -0.3 is 58.6 Å². The summed E-state index contributed by atoms with van der Waals surface area (Å²) in [6, 6.07) is 36.8. The molecule has 5 fully saturated rings. The Kier molecular flexibility index (Phi) is 30.3. The van der Waals surface area contributed by atoms with Gasteiger partial charge in [-0.3, -0.25) is 23.1 Å². The molecule has 6 aromatic carbocycles. The first-order chi connectivity index (χ1) is 53.9. The van der Waals surface area contributed by atoms with E-state index >= 15 is 0 Å². The molecule has 11 aromatic rings. The predicted molar refractivity (Wildman–Crippen MR) is 473 cm³/mol. The first kappa shape index (κ1) is 88.6. The number of likely N-dealkylation sites (tertiary alicyclic amines) is 2. The van der Waals surface area contributed by atoms with Crippen molar-refractivity contribution in [2.45, 2.75) is 174 Å². The van der Waals surface area contributed by atoms with E-state index in [0.29, 0.717) is 54.0 Å². The summed E-state index contributed by atoms with van der Waals surface area (Å²) in [5, 5.41) is 11.6. The minimum atomic E-state index is -3.83. The summed E-state index contributed by atoms with van der Waals surface area (Å²) in [5.74, 6) is 0.552. The number of anilines is 2. The van der Waals surface area contributed by atoms with Crippen molar-refractivity contribution in [3.05, 3.63) is 190 Å². The van der Waals surface area contributed by atoms with Gasteiger partial charge in [0.25, 0.3) is 10.1 Å². The van der Waals surface area contributed by atoms with E-state index in [1.807, 2.05) is 179 Å². The molecule has 5 aromatic heterocycles. The number of aromatic amines is 3. The lowest BCUT2D eigenvalue weighted by Gasteiger charge is -2.29. The van der Waals surface area contributed by atoms with Gasteiger partial charge in [0.2, 0.25) is 17.7 Å². The first-order valence-corrected chi connectivity index (χ1v) is 43.0. The number of aryl methyl sites for hydroxylation is 1. The monoisotopic (exact) mass is 1900 g/mol. The molecule has 2 atom stereocenters. The SMILES string of the molecule is CC(C)(C)OC(=O)N1CCC[C@H]1Cn1cc(N2CCCC2=O)c2cc(Cl)ccc21.CC(C)(C)OC(=O)n1cc(I)c2cc(Cl)ccc21.Cc1ccc(S(=O)(=O)OC[C@@H]2CCCN2C(=O)OC(C)(C)C)cc1.Clc1ccc2[nH]cc(I)c2c1.Clc1ccc2[nH]ccc2c1.O=C1CCCN1.O=C1CCCN1c1c[nH]c2ccc(Cl)cc12. The normalized spacial score (nSPS) is 16.3. The maximum atomic E-state index is 12.7. The van der Waals surface area contributed by atoms with E-state index in [2.05, 4.69) is 70.0 Å². The number of hydrogen-bond acceptors (Lipinski definition) is 12. The van der Waals surface area contributed by atoms with E-state index < -0.39 is 33.0 Å². The van der Waals surface area contributed by atoms with Crippen molar-refractivity contribution >= 4 is 215 Å². The fourth-order valence-corrected chi connectivity index (χ4v) is 16.4. The molecule has 5 amide bonds. The van der Waals surface area contributed by atoms with Crippen LogP contribution in [-0.4, -0.2) is 147 Å². The van der Waals surface area contributed by atoms with Crippen molar-refractivity contribution in [3.63, 3.8) is 0 Å². The number of fused-ring (bicyclic) bond motifs is 5. The number of hydrogen-bond donors (Lipinski definition) is 4. The molecule has 0 unspecified atom stereocenters. The van der Waals surface area contributed by atoms with Gasteiger partial charge in [-0.05, 0) is 269 Å². The Morgan fingerprint density at radius 3 is 1.55 bits per heavy atom. The molecule has 608 valence electrons. The molecular formula is C84H95Cl5I2N10O12S. The summed E-state index contributed by atoms with van der Waals surface area (Å²) in [6.45, 7) is 22.8. The standard InChI is InChI=1S/C22H28ClN3O3.C17H25NO5S.C13H13ClINO2.C12H11ClN2O.C8H5ClIN.C8H6ClN.C4H7NO/c1-22(2,3)29-21(28)25-10-4-6-16(25)13-24-14-19(26-11-5-7-20(26)27)17-12-15(23)8-9-18(17)24;1-13-7-9-15(10-8-13)24(20,21)22-12-14-6-5-11-18(14)16(19)23-17(2,3)4;1-13(2,3)18-12(17)16-7-10(15)9-6-8(14)4-5-11(9)16;13-8-3-4-10-9(6-8)11(7-14-10)15-5-1-2-12(15)16;9-5-1-2-8-6(3-5)7(10)4-11-8;9-7-1-2-8-6(5-7)3-4-10-8;6-4-2-1-3-5-4/h8-9,12,14,16H,4-7,10-11,13H2,1-3H3;7-10,14H,5-6,11-12H2,1-4H3;4-7H,1-3H3;3-4,6-7,14H,1-2,5H2;1-4,11H;1-5,10H;1-3H2,(H,5,6)/t16-;14-;;;;;/m00...../s1. The lowest BCUT2D eigenvalue weighted by atomic mass is 10.2. The maximum Gasteiger partial charge on any atom is 0.419 e. The average molecular weight is 1900 g/mol. The molecule has 0 radical (unpaired) electrons. The van der Waals surface area contributed by atoms with E-state index in [1.165, 1.54) is 25.7 Å². The largest absolute Gasteiger partial charge is 0.444 e. The second kappa shape index (κ2) is 39.0. The van der Waals surface area contributed by atoms with Crippen LogP contribution in [0.4, 0.5) is 25.8 Å². The molecule has 0 spiro atoms. The van der Waals surface area contributed by atoms with Crippen molar-refractivity contribution in [1.29, 1.82) is 0 Å². The number of carbonyl (C=O) groups excluding carboxylic acids is 6. The molecule has 5 saturated heterocycles. The zero-order chi connectivity index (χ0) is 82.6. The Morgan fingerprint density at radius 2 is 1.00 bits per heavy atom. The quantitative estimate of drug-likeness (QED) is 0.0629. The van der Waals surface area contributed by atoms with Crippen molar-refractivity contribution in [3.8, 4) is 0 Å². The van der Waals surface area contributed by atoms with Crippen molar-refractivity contribution in [2.75, 3.05) is 49.1 Å². The molecule has 4 N–H and O–H groups in total. The number of ether oxygens (including phenoxy) is 3. The Hall–Kier alpha value is -7.74. The first-order valence-electron chi connectivity index (χ1n) is 37.6. The topological polar surface area (TPSA) is 256 Å². The molecule has 10 heterocycles. The van der Waals surface area contributed by atoms with Gasteiger partial charge in [-0.1, -0.05) is 75.7 Å². The van der Waals surface area contributed by atoms with Crippen molar-refractivity contribution < 1.29 is 55.6 Å². The zero-order valence-corrected chi connectivity index (χ0v) is 74.2. The van der Waals surface area contributed by atoms with Crippen LogP contribution in [0.5, 0.6) is 0 Å². The lowest BCUT2D eigenvalue weighted by molar-refractivity contribution is -0.119. The molecule has 30 heteroatoms. The predicted octanol–water partition coefficient (Wildman–Crippen LogP) is 21.7. The Morgan fingerprint density at radius 1 is 0.500 bits per heavy atom. The van der Waals surface area contributed by atoms with Crippen LogP contribution in [0.15, 0.2) is 157 Å². The molecule has 5 aliphatic rings. The van der Waals surface area contributed by atoms with Crippen LogP contribution in [0.2, 0.25) is 25.1 Å². The summed E-state index contributed by atoms with van der Waals surface area (Å²) >= 11 is 34.2. The number of halogens is 7. The van der Waals surface area contributed by atoms with Gasteiger partial charge in [0.15, 0.2) is 0 Å². The van der Waals surface area contributed by atoms with Crippen LogP contribution >= 0.6 is 103 Å². The number of rotatable bonds is 8. The summed E-state index contributed by atoms with van der Waals surface area (Å²) in [7, 11) is -3.83. The molecule has 114 heavy (non-hydrogen) atoms. The number of carbonyl (C=O) groups is 6. The van der Waals surface area contributed by atoms with Crippen LogP contribution in [0.3, 0.4) is 0 Å². The number of H-pyrrole nitrogens is 3. The van der Waals surface area contributed by atoms with E-state index in [-0.39, 0.29) is 53.5 Å². The fraction of sp³-hybridized carbons (Fsp3) is 0.381. The van der Waals surface area contributed by atoms with E-state index in [1.54, 1.807) is 50.1 Å². The third-order valence-corrected chi connectivity index (χ3v) is 22.9. The Labute approximate surface area is 716 Å². The second-order valence-corrected chi connectivity index (χ2v) is 37.1. The van der Waals surface area contributed by atoms with Gasteiger partial charge in [-0.2, -0.15) is 8.42 Å². The molecule has 22 nitrogen and oxygen atoms in total. The molecular weight excluding hydrogens is 1800 g/mol. The number of nitrogens with one attached hydrogen (secondary N) is 4. The van der Waals surface area contributed by atoms with Gasteiger partial charge in [-0.25, -0.2) is 14.4 Å². The van der Waals surface area contributed by atoms with Gasteiger partial charge in [0.1, 0.15) is 16.8 Å². The highest BCUT2D eigenvalue weighted by atomic mass is 127. The highest BCUT2D eigenvalue weighted by molar-refractivity contribution is 14.1. The molecule has 0 saturated carbocycles. The third-order valence-electron chi connectivity index (χ3n) is 18.6. The van der Waals surface area contributed by atoms with Gasteiger partial charge in [-0.15, -0.1) is 0 Å². The summed E-state index contributed by atoms with van der Waals surface area (Å²) in [6.07, 6.45) is 16.7. The lowest BCUT2D eigenvalue weighted by Crippen LogP contribution is -2.42. The van der Waals surface area contributed by atoms with E-state index in [9.17, 15) is 37.2 Å². The van der Waals surface area contributed by atoms with Crippen LogP contribution in [0.25, 0.3) is 54.5 Å². The number of aromatic nitrogens is 5. The average Bonchev–Trinajstić information content (AvgIpc) is 1.56. The maximum absolute atomic E-state index is 12.7. The van der Waals surface area contributed by atoms with Crippen molar-refractivity contribution in [2.24, 2.45) is 0 Å². The van der Waals surface area contributed by atoms with Crippen LogP contribution in [0.1, 0.15) is 132 Å². The fourth-order valence-electron chi connectivity index (χ4n) is 13.3. The van der Waals surface area contributed by atoms with E-state index in [4.69, 9.17) is 76.4 Å². The summed E-state index contributed by atoms with van der Waals surface area (Å²) in [5.41, 5.74) is 6.34. The van der Waals surface area contributed by atoms with Crippen LogP contribution in [0, 0.1) is 14.1 Å². The highest BCUT2D eigenvalue weighted by Gasteiger charge is 2.36. The minimum Gasteiger partial charge on any atom is -0.444 e. The second-order valence-electron chi connectivity index (χ2n) is 31.0. The van der Waals surface area contributed by atoms with Crippen LogP contribution in [-0.2, 0) is 49.4 Å². The summed E-state index contributed by atoms with van der Waals surface area (Å²) < 4.78 is 51.8. The number of nitrogens with zero attached hydrogens (tertiary/aromatic N) is 6. The third kappa shape index (κ3) is 24.4. The number of amides is 5. The molecule has 0 aliphatic carbocycles. The zero-order valence-electron chi connectivity index (χ0n) is 65.2. The number of benzene rings is 6. The van der Waals surface area contributed by atoms with E-state index in [0.717, 1.165) is 144 Å². The smallest absolute Gasteiger partial charge is 0.419 e. The molecule has 16 rings (SSSR count). The van der Waals surface area contributed by atoms with Gasteiger partial charge >= 0.3 is 18.3 Å². The minimum absolute atomic E-state index is 0.0601. The Bertz CT molecular complexity index is 5370. The molecule has 0 bridgehead atoms. The highest BCUT2D eigenvalue weighted by Crippen LogP contribution is 2.37. The molecule has 5 aliphatic heterocycles. The van der Waals surface area contributed by atoms with Gasteiger partial charge in [0, 0.05) is 165 Å². The summed E-state index contributed by atoms with van der Waals surface area (Å²) in [4.78, 5) is 87.7. The van der Waals surface area contributed by atoms with Crippen molar-refractivity contribution in [1.82, 2.24) is 39.2 Å².